The predicted molar refractivity (Wildman–Crippen MR) is 87.4 cm³/mol. The first-order valence-electron chi connectivity index (χ1n) is 7.77. The van der Waals surface area contributed by atoms with E-state index in [9.17, 15) is 0 Å². The van der Waals surface area contributed by atoms with E-state index in [0.717, 1.165) is 11.6 Å². The summed E-state index contributed by atoms with van der Waals surface area (Å²) in [5.41, 5.74) is 1.66. The quantitative estimate of drug-likeness (QED) is 0.843. The van der Waals surface area contributed by atoms with Crippen LogP contribution in [0.25, 0.3) is 0 Å². The molecule has 2 atom stereocenters. The Hall–Kier alpha value is -0.570. The Bertz CT molecular complexity index is 410. The normalized spacial score (nSPS) is 24.2. The zero-order chi connectivity index (χ0) is 14.6. The van der Waals surface area contributed by atoms with E-state index in [1.54, 1.807) is 0 Å². The fraction of sp³-hybridized carbons (Fsp3) is 0.647. The van der Waals surface area contributed by atoms with E-state index >= 15 is 0 Å². The van der Waals surface area contributed by atoms with Crippen molar-refractivity contribution in [2.75, 3.05) is 20.1 Å². The van der Waals surface area contributed by atoms with Crippen molar-refractivity contribution >= 4 is 11.6 Å². The molecule has 0 aliphatic carbocycles. The lowest BCUT2D eigenvalue weighted by Crippen LogP contribution is -2.49. The summed E-state index contributed by atoms with van der Waals surface area (Å²) in [7, 11) is 2.23. The second kappa shape index (κ2) is 6.93. The number of rotatable bonds is 6. The molecule has 0 saturated carbocycles. The highest BCUT2D eigenvalue weighted by molar-refractivity contribution is 6.30. The van der Waals surface area contributed by atoms with Gasteiger partial charge in [0, 0.05) is 23.1 Å². The fourth-order valence-corrected chi connectivity index (χ4v) is 3.51. The maximum absolute atomic E-state index is 5.97. The highest BCUT2D eigenvalue weighted by Gasteiger charge is 2.34. The zero-order valence-corrected chi connectivity index (χ0v) is 13.7. The molecular formula is C17H27ClN2. The molecule has 0 aromatic heterocycles. The van der Waals surface area contributed by atoms with Crippen LogP contribution in [0.1, 0.15) is 51.1 Å². The van der Waals surface area contributed by atoms with E-state index in [-0.39, 0.29) is 0 Å². The maximum atomic E-state index is 5.97. The molecule has 20 heavy (non-hydrogen) atoms. The molecule has 0 amide bonds. The first kappa shape index (κ1) is 15.8. The monoisotopic (exact) mass is 294 g/mol. The Morgan fingerprint density at radius 1 is 1.35 bits per heavy atom. The number of halogens is 1. The average molecular weight is 295 g/mol. The summed E-state index contributed by atoms with van der Waals surface area (Å²) in [6, 6.07) is 8.66. The van der Waals surface area contributed by atoms with Gasteiger partial charge >= 0.3 is 0 Å². The van der Waals surface area contributed by atoms with Crippen molar-refractivity contribution in [1.82, 2.24) is 10.2 Å². The van der Waals surface area contributed by atoms with Gasteiger partial charge in [-0.05, 0) is 57.5 Å². The molecule has 0 radical (unpaired) electrons. The van der Waals surface area contributed by atoms with Gasteiger partial charge in [-0.1, -0.05) is 37.1 Å². The lowest BCUT2D eigenvalue weighted by atomic mass is 9.90. The number of hydrogen-bond acceptors (Lipinski definition) is 2. The van der Waals surface area contributed by atoms with Crippen LogP contribution in [0.15, 0.2) is 24.3 Å². The Morgan fingerprint density at radius 2 is 2.05 bits per heavy atom. The second-order valence-corrected chi connectivity index (χ2v) is 6.64. The number of likely N-dealkylation sites (N-methyl/N-ethyl adjacent to an activating group) is 1. The molecule has 1 saturated heterocycles. The van der Waals surface area contributed by atoms with Crippen molar-refractivity contribution < 1.29 is 0 Å². The molecule has 1 aliphatic rings. The Kier molecular flexibility index (Phi) is 5.48. The SMILES string of the molecule is CCCC1(CN(C)C(C)c2ccc(Cl)cc2)CCCN1. The van der Waals surface area contributed by atoms with Gasteiger partial charge in [0.2, 0.25) is 0 Å². The summed E-state index contributed by atoms with van der Waals surface area (Å²) in [6.07, 6.45) is 5.13. The lowest BCUT2D eigenvalue weighted by molar-refractivity contribution is 0.175. The summed E-state index contributed by atoms with van der Waals surface area (Å²) in [5.74, 6) is 0. The highest BCUT2D eigenvalue weighted by atomic mass is 35.5. The van der Waals surface area contributed by atoms with Crippen LogP contribution in [0, 0.1) is 0 Å². The van der Waals surface area contributed by atoms with Gasteiger partial charge in [0.15, 0.2) is 0 Å². The largest absolute Gasteiger partial charge is 0.310 e. The van der Waals surface area contributed by atoms with Crippen molar-refractivity contribution in [3.8, 4) is 0 Å². The van der Waals surface area contributed by atoms with Crippen LogP contribution in [-0.4, -0.2) is 30.6 Å². The van der Waals surface area contributed by atoms with Crippen molar-refractivity contribution in [2.45, 2.75) is 51.1 Å². The molecule has 0 bridgehead atoms. The van der Waals surface area contributed by atoms with Crippen molar-refractivity contribution in [1.29, 1.82) is 0 Å². The van der Waals surface area contributed by atoms with E-state index in [0.29, 0.717) is 11.6 Å². The van der Waals surface area contributed by atoms with Crippen LogP contribution >= 0.6 is 11.6 Å². The van der Waals surface area contributed by atoms with Crippen LogP contribution in [0.2, 0.25) is 5.02 Å². The zero-order valence-electron chi connectivity index (χ0n) is 13.0. The molecule has 1 fully saturated rings. The van der Waals surface area contributed by atoms with Crippen LogP contribution in [0.3, 0.4) is 0 Å². The minimum atomic E-state index is 0.324. The molecule has 112 valence electrons. The van der Waals surface area contributed by atoms with Crippen LogP contribution in [-0.2, 0) is 0 Å². The molecule has 2 nitrogen and oxygen atoms in total. The van der Waals surface area contributed by atoms with Crippen LogP contribution < -0.4 is 5.32 Å². The van der Waals surface area contributed by atoms with Gasteiger partial charge in [-0.3, -0.25) is 4.90 Å². The van der Waals surface area contributed by atoms with Gasteiger partial charge < -0.3 is 5.32 Å². The number of benzene rings is 1. The van der Waals surface area contributed by atoms with Gasteiger partial charge in [-0.2, -0.15) is 0 Å². The summed E-state index contributed by atoms with van der Waals surface area (Å²) in [4.78, 5) is 2.47. The Morgan fingerprint density at radius 3 is 2.60 bits per heavy atom. The first-order valence-corrected chi connectivity index (χ1v) is 8.15. The molecule has 2 unspecified atom stereocenters. The van der Waals surface area contributed by atoms with Gasteiger partial charge in [0.05, 0.1) is 0 Å². The molecule has 1 aromatic carbocycles. The van der Waals surface area contributed by atoms with E-state index in [2.05, 4.69) is 43.2 Å². The summed E-state index contributed by atoms with van der Waals surface area (Å²) in [5, 5.41) is 4.56. The third-order valence-corrected chi connectivity index (χ3v) is 4.88. The number of nitrogens with one attached hydrogen (secondary N) is 1. The molecule has 1 heterocycles. The topological polar surface area (TPSA) is 15.3 Å². The molecule has 0 spiro atoms. The Balaban J connectivity index is 2.02. The minimum Gasteiger partial charge on any atom is -0.310 e. The number of hydrogen-bond donors (Lipinski definition) is 1. The summed E-state index contributed by atoms with van der Waals surface area (Å²) >= 11 is 5.97. The van der Waals surface area contributed by atoms with Gasteiger partial charge in [0.25, 0.3) is 0 Å². The highest BCUT2D eigenvalue weighted by Crippen LogP contribution is 2.29. The minimum absolute atomic E-state index is 0.324. The van der Waals surface area contributed by atoms with Crippen LogP contribution in [0.4, 0.5) is 0 Å². The third kappa shape index (κ3) is 3.75. The molecular weight excluding hydrogens is 268 g/mol. The van der Waals surface area contributed by atoms with Crippen molar-refractivity contribution in [3.05, 3.63) is 34.9 Å². The van der Waals surface area contributed by atoms with E-state index in [4.69, 9.17) is 11.6 Å². The number of nitrogens with zero attached hydrogens (tertiary/aromatic N) is 1. The van der Waals surface area contributed by atoms with E-state index in [1.807, 2.05) is 12.1 Å². The van der Waals surface area contributed by atoms with E-state index < -0.39 is 0 Å². The molecule has 2 rings (SSSR count). The standard InChI is InChI=1S/C17H27ClN2/c1-4-10-17(11-5-12-19-17)13-20(3)14(2)15-6-8-16(18)9-7-15/h6-9,14,19H,4-5,10-13H2,1-3H3. The Labute approximate surface area is 128 Å². The van der Waals surface area contributed by atoms with Gasteiger partial charge in [0.1, 0.15) is 0 Å². The van der Waals surface area contributed by atoms with Gasteiger partial charge in [-0.25, -0.2) is 0 Å². The third-order valence-electron chi connectivity index (χ3n) is 4.63. The fourth-order valence-electron chi connectivity index (χ4n) is 3.38. The molecule has 1 N–H and O–H groups in total. The van der Waals surface area contributed by atoms with Crippen LogP contribution in [0.5, 0.6) is 0 Å². The van der Waals surface area contributed by atoms with Crippen molar-refractivity contribution in [3.63, 3.8) is 0 Å². The smallest absolute Gasteiger partial charge is 0.0406 e. The molecule has 3 heteroatoms. The summed E-state index contributed by atoms with van der Waals surface area (Å²) in [6.45, 7) is 6.84. The second-order valence-electron chi connectivity index (χ2n) is 6.20. The van der Waals surface area contributed by atoms with Crippen molar-refractivity contribution in [2.24, 2.45) is 0 Å². The average Bonchev–Trinajstić information content (AvgIpc) is 2.87. The maximum Gasteiger partial charge on any atom is 0.0406 e. The van der Waals surface area contributed by atoms with E-state index in [1.165, 1.54) is 37.8 Å². The molecule has 1 aromatic rings. The molecule has 1 aliphatic heterocycles. The lowest BCUT2D eigenvalue weighted by Gasteiger charge is -2.37. The predicted octanol–water partition coefficient (Wildman–Crippen LogP) is 4.26. The summed E-state index contributed by atoms with van der Waals surface area (Å²) < 4.78 is 0. The van der Waals surface area contributed by atoms with Gasteiger partial charge in [-0.15, -0.1) is 0 Å². The first-order chi connectivity index (χ1) is 9.56.